The molecule has 3 aromatic rings. The van der Waals surface area contributed by atoms with Gasteiger partial charge >= 0.3 is 5.97 Å². The summed E-state index contributed by atoms with van der Waals surface area (Å²) >= 11 is 0. The first kappa shape index (κ1) is 14.6. The average Bonchev–Trinajstić information content (AvgIpc) is 2.97. The van der Waals surface area contributed by atoms with Gasteiger partial charge < -0.3 is 14.8 Å². The molecule has 7 heteroatoms. The van der Waals surface area contributed by atoms with E-state index in [2.05, 4.69) is 4.98 Å². The predicted octanol–water partition coefficient (Wildman–Crippen LogP) is 3.45. The Morgan fingerprint density at radius 2 is 1.91 bits per heavy atom. The molecule has 0 unspecified atom stereocenters. The summed E-state index contributed by atoms with van der Waals surface area (Å²) in [6, 6.07) is 11.3. The number of nitrogens with one attached hydrogen (secondary N) is 1. The number of hydrogen-bond acceptors (Lipinski definition) is 4. The van der Waals surface area contributed by atoms with E-state index in [4.69, 9.17) is 9.84 Å². The Balaban J connectivity index is 2.18. The van der Waals surface area contributed by atoms with E-state index in [1.54, 1.807) is 25.3 Å². The van der Waals surface area contributed by atoms with Crippen LogP contribution in [0.25, 0.3) is 22.2 Å². The number of H-pyrrole nitrogens is 1. The highest BCUT2D eigenvalue weighted by molar-refractivity contribution is 5.99. The molecular weight excluding hydrogens is 300 g/mol. The van der Waals surface area contributed by atoms with Crippen LogP contribution in [0.2, 0.25) is 0 Å². The van der Waals surface area contributed by atoms with Gasteiger partial charge in [-0.25, -0.2) is 4.79 Å². The minimum atomic E-state index is -1.21. The van der Waals surface area contributed by atoms with Crippen molar-refractivity contribution in [2.75, 3.05) is 7.11 Å². The van der Waals surface area contributed by atoms with Crippen LogP contribution < -0.4 is 4.74 Å². The molecule has 0 amide bonds. The maximum absolute atomic E-state index is 11.2. The number of benzene rings is 2. The molecule has 0 aliphatic carbocycles. The van der Waals surface area contributed by atoms with Crippen molar-refractivity contribution in [1.82, 2.24) is 4.98 Å². The van der Waals surface area contributed by atoms with Crippen molar-refractivity contribution in [3.05, 3.63) is 58.1 Å². The van der Waals surface area contributed by atoms with E-state index in [0.29, 0.717) is 22.3 Å². The fraction of sp³-hybridized carbons (Fsp3) is 0.0625. The highest BCUT2D eigenvalue weighted by Gasteiger charge is 2.19. The molecule has 0 saturated heterocycles. The average molecular weight is 312 g/mol. The normalized spacial score (nSPS) is 10.7. The van der Waals surface area contributed by atoms with E-state index in [0.717, 1.165) is 11.6 Å². The quantitative estimate of drug-likeness (QED) is 0.567. The van der Waals surface area contributed by atoms with Crippen LogP contribution in [0.1, 0.15) is 10.4 Å². The van der Waals surface area contributed by atoms with Crippen molar-refractivity contribution < 1.29 is 19.6 Å². The zero-order valence-corrected chi connectivity index (χ0v) is 12.1. The van der Waals surface area contributed by atoms with Crippen molar-refractivity contribution in [2.24, 2.45) is 0 Å². The molecule has 3 rings (SSSR count). The summed E-state index contributed by atoms with van der Waals surface area (Å²) in [5.74, 6) is -0.508. The van der Waals surface area contributed by atoms with Crippen molar-refractivity contribution in [1.29, 1.82) is 0 Å². The maximum atomic E-state index is 11.2. The number of hydrogen-bond donors (Lipinski definition) is 2. The Hall–Kier alpha value is -3.35. The van der Waals surface area contributed by atoms with Gasteiger partial charge in [-0.05, 0) is 42.0 Å². The number of ether oxygens (including phenoxy) is 1. The molecular formula is C16H12N2O5. The third-order valence-corrected chi connectivity index (χ3v) is 3.55. The van der Waals surface area contributed by atoms with Gasteiger partial charge in [0.1, 0.15) is 11.3 Å². The molecule has 1 aromatic heterocycles. The number of aromatic amines is 1. The predicted molar refractivity (Wildman–Crippen MR) is 83.9 cm³/mol. The van der Waals surface area contributed by atoms with E-state index in [-0.39, 0.29) is 11.3 Å². The smallest absolute Gasteiger partial charge is 0.335 e. The van der Waals surface area contributed by atoms with Crippen LogP contribution in [0.15, 0.2) is 42.5 Å². The molecule has 0 saturated carbocycles. The lowest BCUT2D eigenvalue weighted by Crippen LogP contribution is -1.98. The van der Waals surface area contributed by atoms with Gasteiger partial charge in [-0.15, -0.1) is 0 Å². The molecule has 7 nitrogen and oxygen atoms in total. The second kappa shape index (κ2) is 5.45. The number of carboxylic acids is 1. The number of non-ortho nitro benzene ring substituents is 1. The number of nitrogens with zero attached hydrogens (tertiary/aromatic N) is 1. The van der Waals surface area contributed by atoms with Crippen LogP contribution in [-0.4, -0.2) is 28.1 Å². The topological polar surface area (TPSA) is 105 Å². The molecule has 0 fully saturated rings. The summed E-state index contributed by atoms with van der Waals surface area (Å²) in [4.78, 5) is 24.7. The largest absolute Gasteiger partial charge is 0.497 e. The van der Waals surface area contributed by atoms with Crippen molar-refractivity contribution in [3.63, 3.8) is 0 Å². The summed E-state index contributed by atoms with van der Waals surface area (Å²) in [6.45, 7) is 0. The lowest BCUT2D eigenvalue weighted by molar-refractivity contribution is -0.383. The van der Waals surface area contributed by atoms with Gasteiger partial charge in [-0.1, -0.05) is 0 Å². The highest BCUT2D eigenvalue weighted by Crippen LogP contribution is 2.32. The van der Waals surface area contributed by atoms with Gasteiger partial charge in [0, 0.05) is 17.1 Å². The Bertz CT molecular complexity index is 912. The Kier molecular flexibility index (Phi) is 3.46. The molecule has 0 aliphatic rings. The highest BCUT2D eigenvalue weighted by atomic mass is 16.6. The summed E-state index contributed by atoms with van der Waals surface area (Å²) < 4.78 is 5.09. The Labute approximate surface area is 130 Å². The second-order valence-corrected chi connectivity index (χ2v) is 4.93. The summed E-state index contributed by atoms with van der Waals surface area (Å²) in [7, 11) is 1.56. The van der Waals surface area contributed by atoms with Gasteiger partial charge in [0.25, 0.3) is 5.69 Å². The number of carboxylic acid groups (broad SMARTS) is 1. The van der Waals surface area contributed by atoms with Crippen LogP contribution in [-0.2, 0) is 0 Å². The number of aromatic nitrogens is 1. The number of nitro groups is 1. The van der Waals surface area contributed by atoms with E-state index in [1.807, 2.05) is 12.1 Å². The summed E-state index contributed by atoms with van der Waals surface area (Å²) in [6.07, 6.45) is 0. The molecule has 0 bridgehead atoms. The van der Waals surface area contributed by atoms with Gasteiger partial charge in [-0.2, -0.15) is 0 Å². The molecule has 0 radical (unpaired) electrons. The van der Waals surface area contributed by atoms with Gasteiger partial charge in [0.05, 0.1) is 17.6 Å². The van der Waals surface area contributed by atoms with Crippen LogP contribution in [0.4, 0.5) is 5.69 Å². The van der Waals surface area contributed by atoms with Crippen molar-refractivity contribution in [3.8, 4) is 17.0 Å². The first-order valence-electron chi connectivity index (χ1n) is 6.68. The number of aromatic carboxylic acids is 1. The molecule has 2 aromatic carbocycles. The standard InChI is InChI=1S/C16H12N2O5/c1-23-12-4-2-9(3-5-12)13-7-10-6-11(16(19)20)8-14(18(21)22)15(10)17-13/h2-8,17H,1H3,(H,19,20). The van der Waals surface area contributed by atoms with Crippen LogP contribution in [0, 0.1) is 10.1 Å². The van der Waals surface area contributed by atoms with Gasteiger partial charge in [-0.3, -0.25) is 10.1 Å². The molecule has 0 spiro atoms. The summed E-state index contributed by atoms with van der Waals surface area (Å²) in [5, 5.41) is 20.8. The fourth-order valence-corrected chi connectivity index (χ4v) is 2.42. The van der Waals surface area contributed by atoms with E-state index in [1.165, 1.54) is 6.07 Å². The van der Waals surface area contributed by atoms with Crippen molar-refractivity contribution >= 4 is 22.6 Å². The maximum Gasteiger partial charge on any atom is 0.335 e. The third-order valence-electron chi connectivity index (χ3n) is 3.55. The van der Waals surface area contributed by atoms with Gasteiger partial charge in [0.15, 0.2) is 0 Å². The molecule has 116 valence electrons. The minimum Gasteiger partial charge on any atom is -0.497 e. The third kappa shape index (κ3) is 2.59. The second-order valence-electron chi connectivity index (χ2n) is 4.93. The molecule has 2 N–H and O–H groups in total. The molecule has 0 atom stereocenters. The first-order valence-corrected chi connectivity index (χ1v) is 6.68. The minimum absolute atomic E-state index is 0.121. The van der Waals surface area contributed by atoms with E-state index in [9.17, 15) is 14.9 Å². The number of methoxy groups -OCH3 is 1. The Morgan fingerprint density at radius 3 is 2.48 bits per heavy atom. The number of nitro benzene ring substituents is 1. The first-order chi connectivity index (χ1) is 11.0. The van der Waals surface area contributed by atoms with Crippen LogP contribution >= 0.6 is 0 Å². The fourth-order valence-electron chi connectivity index (χ4n) is 2.42. The number of rotatable bonds is 4. The lowest BCUT2D eigenvalue weighted by atomic mass is 10.1. The van der Waals surface area contributed by atoms with Crippen molar-refractivity contribution in [2.45, 2.75) is 0 Å². The van der Waals surface area contributed by atoms with Crippen LogP contribution in [0.5, 0.6) is 5.75 Å². The van der Waals surface area contributed by atoms with Crippen LogP contribution in [0.3, 0.4) is 0 Å². The molecule has 1 heterocycles. The van der Waals surface area contributed by atoms with E-state index >= 15 is 0 Å². The summed E-state index contributed by atoms with van der Waals surface area (Å²) in [5.41, 5.74) is 1.39. The zero-order valence-electron chi connectivity index (χ0n) is 12.1. The zero-order chi connectivity index (χ0) is 16.6. The van der Waals surface area contributed by atoms with E-state index < -0.39 is 10.9 Å². The molecule has 0 aliphatic heterocycles. The Morgan fingerprint density at radius 1 is 1.22 bits per heavy atom. The monoisotopic (exact) mass is 312 g/mol. The lowest BCUT2D eigenvalue weighted by Gasteiger charge is -2.01. The van der Waals surface area contributed by atoms with Gasteiger partial charge in [0.2, 0.25) is 0 Å². The SMILES string of the molecule is COc1ccc(-c2cc3cc(C(=O)O)cc([N+](=O)[O-])c3[nH]2)cc1. The molecule has 23 heavy (non-hydrogen) atoms. The number of fused-ring (bicyclic) bond motifs is 1. The number of carbonyl (C=O) groups is 1.